The van der Waals surface area contributed by atoms with Crippen LogP contribution in [0.3, 0.4) is 0 Å². The Morgan fingerprint density at radius 2 is 1.96 bits per heavy atom. The molecule has 27 heavy (non-hydrogen) atoms. The van der Waals surface area contributed by atoms with Crippen molar-refractivity contribution in [2.75, 3.05) is 26.4 Å². The van der Waals surface area contributed by atoms with Gasteiger partial charge in [0.2, 0.25) is 5.78 Å². The molecule has 1 aliphatic rings. The van der Waals surface area contributed by atoms with Crippen LogP contribution in [0.4, 0.5) is 0 Å². The maximum atomic E-state index is 13.0. The number of aliphatic hydroxyl groups is 2. The number of hydrogen-bond acceptors (Lipinski definition) is 6. The van der Waals surface area contributed by atoms with Gasteiger partial charge in [-0.3, -0.25) is 9.59 Å². The second-order valence-electron chi connectivity index (χ2n) is 5.86. The highest BCUT2D eigenvalue weighted by Crippen LogP contribution is 2.39. The summed E-state index contributed by atoms with van der Waals surface area (Å²) in [5.41, 5.74) is 0.796. The molecule has 0 spiro atoms. The number of hydrogen-bond donors (Lipinski definition) is 2. The fourth-order valence-corrected chi connectivity index (χ4v) is 3.92. The first-order valence-electron chi connectivity index (χ1n) is 8.31. The van der Waals surface area contributed by atoms with Crippen LogP contribution in [0.2, 0.25) is 0 Å². The number of thiophene rings is 1. The van der Waals surface area contributed by atoms with Crippen LogP contribution in [0.1, 0.15) is 21.3 Å². The van der Waals surface area contributed by atoms with E-state index in [1.54, 1.807) is 17.5 Å². The number of aliphatic hydroxyl groups excluding tert-OH is 2. The van der Waals surface area contributed by atoms with E-state index in [0.717, 1.165) is 10.0 Å². The zero-order valence-corrected chi connectivity index (χ0v) is 16.7. The van der Waals surface area contributed by atoms with Crippen molar-refractivity contribution in [1.82, 2.24) is 4.90 Å². The van der Waals surface area contributed by atoms with Gasteiger partial charge in [-0.05, 0) is 29.1 Å². The van der Waals surface area contributed by atoms with E-state index in [4.69, 9.17) is 9.84 Å². The van der Waals surface area contributed by atoms with E-state index in [-0.39, 0.29) is 37.7 Å². The minimum atomic E-state index is -0.696. The van der Waals surface area contributed by atoms with Crippen molar-refractivity contribution in [2.45, 2.75) is 6.04 Å². The largest absolute Gasteiger partial charge is 0.503 e. The van der Waals surface area contributed by atoms with E-state index in [1.165, 1.54) is 16.2 Å². The summed E-state index contributed by atoms with van der Waals surface area (Å²) in [6.45, 7) is 0.416. The van der Waals surface area contributed by atoms with Gasteiger partial charge in [0.1, 0.15) is 0 Å². The SMILES string of the molecule is O=C(C1=C(O)C(=O)N(CCOCCO)C1c1ccc(Br)cc1)c1cccs1. The van der Waals surface area contributed by atoms with Crippen LogP contribution < -0.4 is 0 Å². The van der Waals surface area contributed by atoms with E-state index in [2.05, 4.69) is 15.9 Å². The van der Waals surface area contributed by atoms with Crippen LogP contribution in [0.15, 0.2) is 57.6 Å². The summed E-state index contributed by atoms with van der Waals surface area (Å²) in [4.78, 5) is 27.5. The zero-order chi connectivity index (χ0) is 19.4. The smallest absolute Gasteiger partial charge is 0.290 e. The number of amides is 1. The zero-order valence-electron chi connectivity index (χ0n) is 14.3. The minimum absolute atomic E-state index is 0.0759. The van der Waals surface area contributed by atoms with Crippen molar-refractivity contribution < 1.29 is 24.5 Å². The maximum Gasteiger partial charge on any atom is 0.290 e. The molecule has 3 rings (SSSR count). The van der Waals surface area contributed by atoms with Crippen LogP contribution in [-0.4, -0.2) is 53.2 Å². The second-order valence-corrected chi connectivity index (χ2v) is 7.72. The van der Waals surface area contributed by atoms with Gasteiger partial charge in [0, 0.05) is 11.0 Å². The predicted octanol–water partition coefficient (Wildman–Crippen LogP) is 3.10. The third kappa shape index (κ3) is 4.14. The average Bonchev–Trinajstić information content (AvgIpc) is 3.28. The molecule has 1 aromatic carbocycles. The lowest BCUT2D eigenvalue weighted by molar-refractivity contribution is -0.130. The highest BCUT2D eigenvalue weighted by Gasteiger charge is 2.43. The van der Waals surface area contributed by atoms with Crippen molar-refractivity contribution in [1.29, 1.82) is 0 Å². The van der Waals surface area contributed by atoms with Gasteiger partial charge in [-0.25, -0.2) is 0 Å². The molecule has 0 aliphatic carbocycles. The highest BCUT2D eigenvalue weighted by molar-refractivity contribution is 9.10. The lowest BCUT2D eigenvalue weighted by Crippen LogP contribution is -2.34. The molecule has 1 aliphatic heterocycles. The molecule has 6 nitrogen and oxygen atoms in total. The van der Waals surface area contributed by atoms with Gasteiger partial charge in [-0.15, -0.1) is 11.3 Å². The number of rotatable bonds is 8. The average molecular weight is 452 g/mol. The Hall–Kier alpha value is -2.00. The van der Waals surface area contributed by atoms with Crippen LogP contribution in [0.25, 0.3) is 0 Å². The number of nitrogens with zero attached hydrogens (tertiary/aromatic N) is 1. The standard InChI is InChI=1S/C19H18BrNO5S/c20-13-5-3-12(4-6-13)16-15(17(23)14-2-1-11-27-14)18(24)19(25)21(16)7-9-26-10-8-22/h1-6,11,16,22,24H,7-10H2. The van der Waals surface area contributed by atoms with Crippen molar-refractivity contribution in [3.8, 4) is 0 Å². The molecule has 142 valence electrons. The van der Waals surface area contributed by atoms with Gasteiger partial charge < -0.3 is 19.8 Å². The molecule has 0 saturated carbocycles. The van der Waals surface area contributed by atoms with Gasteiger partial charge in [0.05, 0.1) is 36.3 Å². The number of benzene rings is 1. The summed E-state index contributed by atoms with van der Waals surface area (Å²) in [5.74, 6) is -1.48. The van der Waals surface area contributed by atoms with Crippen molar-refractivity contribution in [3.05, 3.63) is 68.0 Å². The molecule has 8 heteroatoms. The second kappa shape index (κ2) is 8.79. The Kier molecular flexibility index (Phi) is 6.43. The molecule has 1 aromatic heterocycles. The van der Waals surface area contributed by atoms with Crippen LogP contribution >= 0.6 is 27.3 Å². The van der Waals surface area contributed by atoms with E-state index in [1.807, 2.05) is 24.3 Å². The molecule has 1 unspecified atom stereocenters. The number of ether oxygens (including phenoxy) is 1. The monoisotopic (exact) mass is 451 g/mol. The lowest BCUT2D eigenvalue weighted by atomic mass is 9.95. The van der Waals surface area contributed by atoms with E-state index in [9.17, 15) is 14.7 Å². The van der Waals surface area contributed by atoms with Gasteiger partial charge in [0.25, 0.3) is 5.91 Å². The maximum absolute atomic E-state index is 13.0. The fourth-order valence-electron chi connectivity index (χ4n) is 2.98. The van der Waals surface area contributed by atoms with Gasteiger partial charge in [-0.1, -0.05) is 34.1 Å². The highest BCUT2D eigenvalue weighted by atomic mass is 79.9. The molecule has 1 atom stereocenters. The third-order valence-electron chi connectivity index (χ3n) is 4.19. The summed E-state index contributed by atoms with van der Waals surface area (Å²) < 4.78 is 6.13. The van der Waals surface area contributed by atoms with Crippen molar-refractivity contribution in [2.24, 2.45) is 0 Å². The first-order chi connectivity index (χ1) is 13.0. The van der Waals surface area contributed by atoms with E-state index >= 15 is 0 Å². The van der Waals surface area contributed by atoms with Gasteiger partial charge >= 0.3 is 0 Å². The minimum Gasteiger partial charge on any atom is -0.503 e. The fraction of sp³-hybridized carbons (Fsp3) is 0.263. The molecule has 1 amide bonds. The predicted molar refractivity (Wildman–Crippen MR) is 105 cm³/mol. The van der Waals surface area contributed by atoms with E-state index in [0.29, 0.717) is 4.88 Å². The molecule has 0 radical (unpaired) electrons. The normalized spacial score (nSPS) is 17.0. The summed E-state index contributed by atoms with van der Waals surface area (Å²) in [7, 11) is 0. The topological polar surface area (TPSA) is 87.1 Å². The number of halogens is 1. The van der Waals surface area contributed by atoms with E-state index < -0.39 is 17.7 Å². The Morgan fingerprint density at radius 1 is 1.22 bits per heavy atom. The Labute approximate surface area is 168 Å². The summed E-state index contributed by atoms with van der Waals surface area (Å²) >= 11 is 4.64. The van der Waals surface area contributed by atoms with Crippen molar-refractivity contribution in [3.63, 3.8) is 0 Å². The molecular weight excluding hydrogens is 434 g/mol. The molecular formula is C19H18BrNO5S. The third-order valence-corrected chi connectivity index (χ3v) is 5.59. The van der Waals surface area contributed by atoms with Crippen LogP contribution in [-0.2, 0) is 9.53 Å². The molecule has 2 N–H and O–H groups in total. The lowest BCUT2D eigenvalue weighted by Gasteiger charge is -2.26. The van der Waals surface area contributed by atoms with Gasteiger partial charge in [0.15, 0.2) is 5.76 Å². The van der Waals surface area contributed by atoms with Crippen LogP contribution in [0, 0.1) is 0 Å². The van der Waals surface area contributed by atoms with Gasteiger partial charge in [-0.2, -0.15) is 0 Å². The summed E-state index contributed by atoms with van der Waals surface area (Å²) in [5, 5.41) is 21.1. The number of carbonyl (C=O) groups is 2. The Morgan fingerprint density at radius 3 is 2.59 bits per heavy atom. The Balaban J connectivity index is 1.96. The molecule has 0 bridgehead atoms. The first-order valence-corrected chi connectivity index (χ1v) is 9.98. The number of Topliss-reactive ketones (excluding diaryl/α,β-unsaturated/α-hetero) is 1. The number of ketones is 1. The van der Waals surface area contributed by atoms with Crippen LogP contribution in [0.5, 0.6) is 0 Å². The molecule has 2 aromatic rings. The molecule has 0 fully saturated rings. The number of carbonyl (C=O) groups excluding carboxylic acids is 2. The molecule has 2 heterocycles. The van der Waals surface area contributed by atoms with Crippen molar-refractivity contribution >= 4 is 39.0 Å². The summed E-state index contributed by atoms with van der Waals surface area (Å²) in [6, 6.07) is 9.99. The summed E-state index contributed by atoms with van der Waals surface area (Å²) in [6.07, 6.45) is 0. The first kappa shape index (κ1) is 19.8. The molecule has 0 saturated heterocycles. The Bertz CT molecular complexity index is 847. The quantitative estimate of drug-likeness (QED) is 0.475.